The zero-order valence-electron chi connectivity index (χ0n) is 14.7. The number of benzene rings is 1. The Morgan fingerprint density at radius 1 is 1.37 bits per heavy atom. The third kappa shape index (κ3) is 4.79. The minimum absolute atomic E-state index is 0.0315. The van der Waals surface area contributed by atoms with Crippen LogP contribution < -0.4 is 5.32 Å². The van der Waals surface area contributed by atoms with E-state index < -0.39 is 5.97 Å². The molecule has 7 heteroatoms. The van der Waals surface area contributed by atoms with E-state index in [9.17, 15) is 14.9 Å². The Hall–Kier alpha value is -2.56. The van der Waals surface area contributed by atoms with Crippen molar-refractivity contribution in [1.82, 2.24) is 5.32 Å². The lowest BCUT2D eigenvalue weighted by Gasteiger charge is -2.24. The van der Waals surface area contributed by atoms with Gasteiger partial charge in [0, 0.05) is 17.2 Å². The summed E-state index contributed by atoms with van der Waals surface area (Å²) in [4.78, 5) is 25.2. The van der Waals surface area contributed by atoms with Gasteiger partial charge in [-0.25, -0.2) is 0 Å². The molecule has 0 unspecified atom stereocenters. The molecule has 0 aliphatic carbocycles. The number of allylic oxidation sites excluding steroid dienone is 1. The molecule has 0 saturated heterocycles. The number of esters is 1. The van der Waals surface area contributed by atoms with E-state index in [1.807, 2.05) is 48.7 Å². The van der Waals surface area contributed by atoms with Crippen LogP contribution in [0.3, 0.4) is 0 Å². The Morgan fingerprint density at radius 3 is 2.81 bits per heavy atom. The molecular weight excluding hydrogens is 380 g/mol. The Morgan fingerprint density at radius 2 is 2.15 bits per heavy atom. The van der Waals surface area contributed by atoms with Gasteiger partial charge in [0.25, 0.3) is 0 Å². The van der Waals surface area contributed by atoms with E-state index in [-0.39, 0.29) is 30.6 Å². The lowest BCUT2D eigenvalue weighted by atomic mass is 9.91. The average molecular weight is 399 g/mol. The van der Waals surface area contributed by atoms with E-state index >= 15 is 0 Å². The Bertz CT molecular complexity index is 913. The minimum Gasteiger partial charge on any atom is -0.460 e. The predicted octanol–water partition coefficient (Wildman–Crippen LogP) is 3.87. The first-order valence-corrected chi connectivity index (χ1v) is 10.3. The van der Waals surface area contributed by atoms with Crippen LogP contribution in [0.2, 0.25) is 0 Å². The van der Waals surface area contributed by atoms with E-state index in [0.717, 1.165) is 27.8 Å². The monoisotopic (exact) mass is 398 g/mol. The highest BCUT2D eigenvalue weighted by atomic mass is 32.2. The average Bonchev–Trinajstić information content (AvgIpc) is 3.10. The zero-order valence-corrected chi connectivity index (χ0v) is 16.4. The molecule has 0 spiro atoms. The summed E-state index contributed by atoms with van der Waals surface area (Å²) < 4.78 is 5.26. The normalized spacial score (nSPS) is 16.6. The van der Waals surface area contributed by atoms with Gasteiger partial charge in [0.15, 0.2) is 0 Å². The van der Waals surface area contributed by atoms with Crippen LogP contribution in [0.1, 0.15) is 28.3 Å². The van der Waals surface area contributed by atoms with Gasteiger partial charge in [-0.2, -0.15) is 5.26 Å². The van der Waals surface area contributed by atoms with Gasteiger partial charge >= 0.3 is 5.97 Å². The third-order valence-electron chi connectivity index (χ3n) is 4.15. The number of aryl methyl sites for hydroxylation is 1. The van der Waals surface area contributed by atoms with Gasteiger partial charge < -0.3 is 10.1 Å². The summed E-state index contributed by atoms with van der Waals surface area (Å²) in [5.41, 5.74) is 2.48. The van der Waals surface area contributed by atoms with Crippen LogP contribution in [-0.2, 0) is 20.9 Å². The maximum atomic E-state index is 12.1. The van der Waals surface area contributed by atoms with Crippen molar-refractivity contribution >= 4 is 35.0 Å². The van der Waals surface area contributed by atoms with Crippen molar-refractivity contribution in [1.29, 1.82) is 5.26 Å². The Labute approximate surface area is 166 Å². The maximum Gasteiger partial charge on any atom is 0.316 e. The first-order valence-electron chi connectivity index (χ1n) is 8.39. The van der Waals surface area contributed by atoms with Crippen LogP contribution in [0, 0.1) is 18.3 Å². The van der Waals surface area contributed by atoms with Crippen LogP contribution in [0.5, 0.6) is 0 Å². The quantitative estimate of drug-likeness (QED) is 0.747. The maximum absolute atomic E-state index is 12.1. The molecule has 0 bridgehead atoms. The molecule has 5 nitrogen and oxygen atoms in total. The highest BCUT2D eigenvalue weighted by Gasteiger charge is 2.31. The van der Waals surface area contributed by atoms with Crippen molar-refractivity contribution < 1.29 is 14.3 Å². The molecule has 1 N–H and O–H groups in total. The standard InChI is InChI=1S/C20H18N2O3S2/c1-13-7-8-26-19(13)15-9-17(23)22-20(16(15)10-21)27-12-18(24)25-11-14-5-3-2-4-6-14/h2-8,15H,9,11-12H2,1H3,(H,22,23)/t15-/m0/s1. The lowest BCUT2D eigenvalue weighted by Crippen LogP contribution is -2.31. The van der Waals surface area contributed by atoms with E-state index in [2.05, 4.69) is 11.4 Å². The fourth-order valence-electron chi connectivity index (χ4n) is 2.81. The highest BCUT2D eigenvalue weighted by Crippen LogP contribution is 2.39. The molecule has 2 aromatic rings. The van der Waals surface area contributed by atoms with E-state index in [0.29, 0.717) is 10.6 Å². The molecule has 2 heterocycles. The summed E-state index contributed by atoms with van der Waals surface area (Å²) in [6.07, 6.45) is 0.243. The number of amides is 1. The molecule has 0 fully saturated rings. The smallest absolute Gasteiger partial charge is 0.316 e. The van der Waals surface area contributed by atoms with Crippen molar-refractivity contribution in [2.24, 2.45) is 0 Å². The summed E-state index contributed by atoms with van der Waals surface area (Å²) >= 11 is 2.68. The number of rotatable bonds is 6. The number of carbonyl (C=O) groups is 2. The molecule has 0 saturated carbocycles. The second-order valence-corrected chi connectivity index (χ2v) is 8.00. The minimum atomic E-state index is -0.391. The Balaban J connectivity index is 1.67. The first-order chi connectivity index (χ1) is 13.1. The first kappa shape index (κ1) is 19.2. The number of nitriles is 1. The molecule has 1 aliphatic rings. The summed E-state index contributed by atoms with van der Waals surface area (Å²) in [7, 11) is 0. The zero-order chi connectivity index (χ0) is 19.2. The number of nitrogens with one attached hydrogen (secondary N) is 1. The second kappa shape index (κ2) is 8.89. The number of hydrogen-bond acceptors (Lipinski definition) is 6. The molecule has 27 heavy (non-hydrogen) atoms. The summed E-state index contributed by atoms with van der Waals surface area (Å²) in [6, 6.07) is 13.6. The van der Waals surface area contributed by atoms with Crippen LogP contribution in [0.4, 0.5) is 0 Å². The van der Waals surface area contributed by atoms with E-state index in [1.165, 1.54) is 0 Å². The largest absolute Gasteiger partial charge is 0.460 e. The predicted molar refractivity (Wildman–Crippen MR) is 106 cm³/mol. The molecule has 0 radical (unpaired) electrons. The fourth-order valence-corrected chi connectivity index (χ4v) is 4.72. The number of ether oxygens (including phenoxy) is 1. The highest BCUT2D eigenvalue weighted by molar-refractivity contribution is 8.03. The Kier molecular flexibility index (Phi) is 6.32. The summed E-state index contributed by atoms with van der Waals surface area (Å²) in [5, 5.41) is 14.8. The van der Waals surface area contributed by atoms with Gasteiger partial charge in [0.2, 0.25) is 5.91 Å². The van der Waals surface area contributed by atoms with Crippen molar-refractivity contribution in [3.05, 3.63) is 68.4 Å². The second-order valence-electron chi connectivity index (χ2n) is 6.06. The van der Waals surface area contributed by atoms with Crippen LogP contribution in [0.25, 0.3) is 0 Å². The fraction of sp³-hybridized carbons (Fsp3) is 0.250. The van der Waals surface area contributed by atoms with Crippen LogP contribution in [-0.4, -0.2) is 17.6 Å². The summed E-state index contributed by atoms with van der Waals surface area (Å²) in [6.45, 7) is 2.18. The topological polar surface area (TPSA) is 79.2 Å². The molecular formula is C20H18N2O3S2. The molecule has 1 amide bonds. The summed E-state index contributed by atoms with van der Waals surface area (Å²) in [5.74, 6) is -0.764. The molecule has 1 aliphatic heterocycles. The van der Waals surface area contributed by atoms with Crippen molar-refractivity contribution in [2.45, 2.75) is 25.9 Å². The van der Waals surface area contributed by atoms with Gasteiger partial charge in [-0.3, -0.25) is 9.59 Å². The van der Waals surface area contributed by atoms with Crippen molar-refractivity contribution in [3.63, 3.8) is 0 Å². The van der Waals surface area contributed by atoms with Gasteiger partial charge in [0.05, 0.1) is 22.4 Å². The van der Waals surface area contributed by atoms with Gasteiger partial charge in [0.1, 0.15) is 6.61 Å². The third-order valence-corrected chi connectivity index (χ3v) is 6.27. The van der Waals surface area contributed by atoms with Gasteiger partial charge in [-0.15, -0.1) is 11.3 Å². The van der Waals surface area contributed by atoms with Crippen molar-refractivity contribution in [2.75, 3.05) is 5.75 Å². The molecule has 1 atom stereocenters. The number of hydrogen-bond donors (Lipinski definition) is 1. The van der Waals surface area contributed by atoms with Gasteiger partial charge in [-0.1, -0.05) is 42.1 Å². The lowest BCUT2D eigenvalue weighted by molar-refractivity contribution is -0.141. The van der Waals surface area contributed by atoms with E-state index in [1.54, 1.807) is 11.3 Å². The number of carbonyl (C=O) groups excluding carboxylic acids is 2. The molecule has 1 aromatic carbocycles. The number of nitrogens with zero attached hydrogens (tertiary/aromatic N) is 1. The molecule has 1 aromatic heterocycles. The van der Waals surface area contributed by atoms with Crippen LogP contribution >= 0.6 is 23.1 Å². The molecule has 138 valence electrons. The van der Waals surface area contributed by atoms with Gasteiger partial charge in [-0.05, 0) is 29.5 Å². The SMILES string of the molecule is Cc1ccsc1[C@H]1CC(=O)NC(SCC(=O)OCc2ccccc2)=C1C#N. The molecule has 3 rings (SSSR count). The number of thiophene rings is 1. The van der Waals surface area contributed by atoms with Crippen molar-refractivity contribution in [3.8, 4) is 6.07 Å². The number of thioether (sulfide) groups is 1. The van der Waals surface area contributed by atoms with Crippen LogP contribution in [0.15, 0.2) is 52.4 Å². The van der Waals surface area contributed by atoms with E-state index in [4.69, 9.17) is 4.74 Å².